The van der Waals surface area contributed by atoms with Gasteiger partial charge in [0.25, 0.3) is 0 Å². The van der Waals surface area contributed by atoms with Crippen LogP contribution in [0.3, 0.4) is 0 Å². The average Bonchev–Trinajstić information content (AvgIpc) is 2.87. The van der Waals surface area contributed by atoms with E-state index in [0.29, 0.717) is 6.04 Å². The number of aliphatic hydroxyl groups excluding tert-OH is 1. The molecule has 0 saturated heterocycles. The molecule has 1 N–H and O–H groups in total. The molecule has 1 saturated carbocycles. The molecule has 0 bridgehead atoms. The highest BCUT2D eigenvalue weighted by Gasteiger charge is 2.22. The monoisotopic (exact) mass is 252 g/mol. The van der Waals surface area contributed by atoms with Gasteiger partial charge in [-0.1, -0.05) is 19.3 Å². The second kappa shape index (κ2) is 7.76. The molecule has 0 radical (unpaired) electrons. The van der Waals surface area contributed by atoms with Crippen molar-refractivity contribution in [1.29, 1.82) is 5.26 Å². The minimum Gasteiger partial charge on any atom is -0.395 e. The Balaban J connectivity index is 2.23. The first-order chi connectivity index (χ1) is 8.59. The summed E-state index contributed by atoms with van der Waals surface area (Å²) in [5.74, 6) is 0. The van der Waals surface area contributed by atoms with Crippen LogP contribution in [0.15, 0.2) is 0 Å². The van der Waals surface area contributed by atoms with Crippen LogP contribution >= 0.6 is 0 Å². The Labute approximate surface area is 112 Å². The quantitative estimate of drug-likeness (QED) is 0.676. The van der Waals surface area contributed by atoms with Gasteiger partial charge in [0.05, 0.1) is 18.1 Å². The number of rotatable bonds is 8. The SMILES string of the molecule is CC(C)(C#N)CCCCN(CCO)C1CCCC1. The average molecular weight is 252 g/mol. The van der Waals surface area contributed by atoms with Gasteiger partial charge < -0.3 is 5.11 Å². The van der Waals surface area contributed by atoms with Gasteiger partial charge in [-0.3, -0.25) is 4.90 Å². The van der Waals surface area contributed by atoms with Gasteiger partial charge in [0.15, 0.2) is 0 Å². The lowest BCUT2D eigenvalue weighted by Crippen LogP contribution is -2.36. The summed E-state index contributed by atoms with van der Waals surface area (Å²) in [5.41, 5.74) is -0.185. The van der Waals surface area contributed by atoms with E-state index >= 15 is 0 Å². The van der Waals surface area contributed by atoms with Crippen molar-refractivity contribution in [3.05, 3.63) is 0 Å². The minimum atomic E-state index is -0.185. The van der Waals surface area contributed by atoms with E-state index in [1.807, 2.05) is 13.8 Å². The molecular weight excluding hydrogens is 224 g/mol. The van der Waals surface area contributed by atoms with Crippen molar-refractivity contribution in [2.24, 2.45) is 5.41 Å². The van der Waals surface area contributed by atoms with Crippen molar-refractivity contribution >= 4 is 0 Å². The third kappa shape index (κ3) is 5.37. The van der Waals surface area contributed by atoms with E-state index in [4.69, 9.17) is 10.4 Å². The van der Waals surface area contributed by atoms with Gasteiger partial charge in [0.1, 0.15) is 0 Å². The zero-order valence-corrected chi connectivity index (χ0v) is 12.0. The largest absolute Gasteiger partial charge is 0.395 e. The molecule has 0 aromatic heterocycles. The Bertz CT molecular complexity index is 264. The van der Waals surface area contributed by atoms with Crippen molar-refractivity contribution < 1.29 is 5.11 Å². The van der Waals surface area contributed by atoms with Gasteiger partial charge in [-0.25, -0.2) is 0 Å². The third-order valence-corrected chi connectivity index (χ3v) is 4.03. The van der Waals surface area contributed by atoms with Crippen molar-refractivity contribution in [3.63, 3.8) is 0 Å². The van der Waals surface area contributed by atoms with E-state index in [-0.39, 0.29) is 12.0 Å². The van der Waals surface area contributed by atoms with E-state index in [9.17, 15) is 0 Å². The van der Waals surface area contributed by atoms with Crippen LogP contribution in [-0.2, 0) is 0 Å². The Morgan fingerprint density at radius 1 is 1.22 bits per heavy atom. The summed E-state index contributed by atoms with van der Waals surface area (Å²) < 4.78 is 0. The molecular formula is C15H28N2O. The molecule has 0 aliphatic heterocycles. The molecule has 0 atom stereocenters. The van der Waals surface area contributed by atoms with E-state index < -0.39 is 0 Å². The van der Waals surface area contributed by atoms with E-state index in [2.05, 4.69) is 11.0 Å². The van der Waals surface area contributed by atoms with Crippen molar-refractivity contribution in [2.45, 2.75) is 64.8 Å². The molecule has 3 nitrogen and oxygen atoms in total. The number of aliphatic hydroxyl groups is 1. The fraction of sp³-hybridized carbons (Fsp3) is 0.933. The number of nitrogens with zero attached hydrogens (tertiary/aromatic N) is 2. The predicted molar refractivity (Wildman–Crippen MR) is 74.2 cm³/mol. The summed E-state index contributed by atoms with van der Waals surface area (Å²) in [6, 6.07) is 3.05. The molecule has 0 aromatic rings. The van der Waals surface area contributed by atoms with Crippen LogP contribution in [0.1, 0.15) is 58.8 Å². The normalized spacial score (nSPS) is 17.3. The number of hydrogen-bond acceptors (Lipinski definition) is 3. The fourth-order valence-electron chi connectivity index (χ4n) is 2.81. The minimum absolute atomic E-state index is 0.185. The topological polar surface area (TPSA) is 47.3 Å². The Morgan fingerprint density at radius 3 is 2.44 bits per heavy atom. The predicted octanol–water partition coefficient (Wildman–Crippen LogP) is 2.94. The first-order valence-corrected chi connectivity index (χ1v) is 7.35. The van der Waals surface area contributed by atoms with E-state index in [0.717, 1.165) is 32.4 Å². The van der Waals surface area contributed by atoms with Crippen molar-refractivity contribution in [3.8, 4) is 6.07 Å². The molecule has 104 valence electrons. The molecule has 1 rings (SSSR count). The standard InChI is InChI=1S/C15H28N2O/c1-15(2,13-16)9-5-6-10-17(11-12-18)14-7-3-4-8-14/h14,18H,3-12H2,1-2H3. The smallest absolute Gasteiger partial charge is 0.0683 e. The molecule has 0 unspecified atom stereocenters. The number of hydrogen-bond donors (Lipinski definition) is 1. The third-order valence-electron chi connectivity index (χ3n) is 4.03. The lowest BCUT2D eigenvalue weighted by molar-refractivity contribution is 0.148. The second-order valence-corrected chi connectivity index (χ2v) is 6.15. The van der Waals surface area contributed by atoms with Crippen molar-refractivity contribution in [1.82, 2.24) is 4.90 Å². The highest BCUT2D eigenvalue weighted by atomic mass is 16.3. The molecule has 1 aliphatic rings. The molecule has 0 heterocycles. The van der Waals surface area contributed by atoms with Crippen LogP contribution in [0.4, 0.5) is 0 Å². The van der Waals surface area contributed by atoms with Gasteiger partial charge in [0.2, 0.25) is 0 Å². The Hall–Kier alpha value is -0.590. The van der Waals surface area contributed by atoms with Crippen LogP contribution in [0.5, 0.6) is 0 Å². The number of unbranched alkanes of at least 4 members (excludes halogenated alkanes) is 1. The molecule has 1 fully saturated rings. The highest BCUT2D eigenvalue weighted by molar-refractivity contribution is 4.91. The van der Waals surface area contributed by atoms with Crippen LogP contribution in [0, 0.1) is 16.7 Å². The van der Waals surface area contributed by atoms with Gasteiger partial charge in [-0.05, 0) is 46.1 Å². The van der Waals surface area contributed by atoms with Crippen LogP contribution in [0.2, 0.25) is 0 Å². The summed E-state index contributed by atoms with van der Waals surface area (Å²) in [6.45, 7) is 6.17. The molecule has 0 aromatic carbocycles. The lowest BCUT2D eigenvalue weighted by atomic mass is 9.89. The van der Waals surface area contributed by atoms with Crippen molar-refractivity contribution in [2.75, 3.05) is 19.7 Å². The van der Waals surface area contributed by atoms with E-state index in [1.165, 1.54) is 25.7 Å². The van der Waals surface area contributed by atoms with Gasteiger partial charge >= 0.3 is 0 Å². The summed E-state index contributed by atoms with van der Waals surface area (Å²) in [5, 5.41) is 18.1. The molecule has 0 amide bonds. The Morgan fingerprint density at radius 2 is 1.89 bits per heavy atom. The van der Waals surface area contributed by atoms with Gasteiger partial charge in [-0.15, -0.1) is 0 Å². The van der Waals surface area contributed by atoms with Crippen LogP contribution in [0.25, 0.3) is 0 Å². The number of nitriles is 1. The maximum absolute atomic E-state index is 9.14. The first-order valence-electron chi connectivity index (χ1n) is 7.35. The maximum Gasteiger partial charge on any atom is 0.0683 e. The lowest BCUT2D eigenvalue weighted by Gasteiger charge is -2.28. The first kappa shape index (κ1) is 15.5. The van der Waals surface area contributed by atoms with Crippen LogP contribution in [-0.4, -0.2) is 35.7 Å². The molecule has 3 heteroatoms. The van der Waals surface area contributed by atoms with Crippen LogP contribution < -0.4 is 0 Å². The van der Waals surface area contributed by atoms with Gasteiger partial charge in [0, 0.05) is 12.6 Å². The molecule has 18 heavy (non-hydrogen) atoms. The fourth-order valence-corrected chi connectivity index (χ4v) is 2.81. The summed E-state index contributed by atoms with van der Waals surface area (Å²) in [6.07, 6.45) is 8.49. The zero-order chi connectivity index (χ0) is 13.4. The Kier molecular flexibility index (Phi) is 6.67. The summed E-state index contributed by atoms with van der Waals surface area (Å²) in [7, 11) is 0. The summed E-state index contributed by atoms with van der Waals surface area (Å²) in [4.78, 5) is 2.45. The van der Waals surface area contributed by atoms with E-state index in [1.54, 1.807) is 0 Å². The zero-order valence-electron chi connectivity index (χ0n) is 12.0. The van der Waals surface area contributed by atoms with Gasteiger partial charge in [-0.2, -0.15) is 5.26 Å². The molecule has 0 spiro atoms. The molecule has 1 aliphatic carbocycles. The second-order valence-electron chi connectivity index (χ2n) is 6.15. The highest BCUT2D eigenvalue weighted by Crippen LogP contribution is 2.25. The maximum atomic E-state index is 9.14. The summed E-state index contributed by atoms with van der Waals surface area (Å²) >= 11 is 0.